The molecule has 1 heterocycles. The van der Waals surface area contributed by atoms with E-state index in [1.165, 1.54) is 11.3 Å². The van der Waals surface area contributed by atoms with Gasteiger partial charge in [0.15, 0.2) is 0 Å². The quantitative estimate of drug-likeness (QED) is 0.617. The molecular formula is C18H21N3O2S. The zero-order chi connectivity index (χ0) is 17.5. The van der Waals surface area contributed by atoms with Crippen LogP contribution < -0.4 is 10.7 Å². The highest BCUT2D eigenvalue weighted by molar-refractivity contribution is 7.12. The second-order valence-corrected chi connectivity index (χ2v) is 6.79. The summed E-state index contributed by atoms with van der Waals surface area (Å²) in [5, 5.41) is 8.82. The third-order valence-corrected chi connectivity index (χ3v) is 4.12. The normalized spacial score (nSPS) is 11.4. The molecule has 0 saturated heterocycles. The Morgan fingerprint density at radius 2 is 1.88 bits per heavy atom. The number of nitrogens with zero attached hydrogens (tertiary/aromatic N) is 1. The third kappa shape index (κ3) is 5.31. The van der Waals surface area contributed by atoms with E-state index in [2.05, 4.69) is 15.8 Å². The molecule has 0 unspecified atom stereocenters. The lowest BCUT2D eigenvalue weighted by molar-refractivity contribution is -0.121. The van der Waals surface area contributed by atoms with Gasteiger partial charge in [0.05, 0.1) is 10.6 Å². The Morgan fingerprint density at radius 3 is 2.46 bits per heavy atom. The number of carbonyl (C=O) groups is 2. The average Bonchev–Trinajstić information content (AvgIpc) is 3.07. The van der Waals surface area contributed by atoms with Crippen molar-refractivity contribution >= 4 is 34.6 Å². The standard InChI is InChI=1S/C18H21N3O2S/c1-12(2)11-17(22)21-20-13(3)14-6-8-15(9-7-14)19-18(23)16-5-4-10-24-16/h4-10,12H,11H2,1-3H3,(H,19,23)(H,21,22). The van der Waals surface area contributed by atoms with Gasteiger partial charge in [-0.15, -0.1) is 11.3 Å². The molecule has 6 heteroatoms. The van der Waals surface area contributed by atoms with Crippen LogP contribution in [0.15, 0.2) is 46.9 Å². The SMILES string of the molecule is CC(=NNC(=O)CC(C)C)c1ccc(NC(=O)c2cccs2)cc1. The Balaban J connectivity index is 1.95. The zero-order valence-electron chi connectivity index (χ0n) is 14.0. The summed E-state index contributed by atoms with van der Waals surface area (Å²) in [6, 6.07) is 11.0. The maximum Gasteiger partial charge on any atom is 0.265 e. The van der Waals surface area contributed by atoms with Crippen LogP contribution in [0.1, 0.15) is 42.4 Å². The molecule has 0 bridgehead atoms. The smallest absolute Gasteiger partial charge is 0.265 e. The van der Waals surface area contributed by atoms with Crippen molar-refractivity contribution in [3.05, 3.63) is 52.2 Å². The van der Waals surface area contributed by atoms with Crippen LogP contribution in [0.25, 0.3) is 0 Å². The summed E-state index contributed by atoms with van der Waals surface area (Å²) in [6.07, 6.45) is 0.449. The highest BCUT2D eigenvalue weighted by Crippen LogP contribution is 2.14. The van der Waals surface area contributed by atoms with Gasteiger partial charge in [0, 0.05) is 12.1 Å². The van der Waals surface area contributed by atoms with E-state index in [1.807, 2.05) is 56.5 Å². The molecule has 2 N–H and O–H groups in total. The van der Waals surface area contributed by atoms with Gasteiger partial charge < -0.3 is 5.32 Å². The van der Waals surface area contributed by atoms with Crippen molar-refractivity contribution in [2.24, 2.45) is 11.0 Å². The number of benzene rings is 1. The van der Waals surface area contributed by atoms with Crippen molar-refractivity contribution in [3.63, 3.8) is 0 Å². The van der Waals surface area contributed by atoms with E-state index in [-0.39, 0.29) is 11.8 Å². The molecule has 126 valence electrons. The second kappa shape index (κ2) is 8.40. The number of hydrogen-bond acceptors (Lipinski definition) is 4. The molecule has 2 rings (SSSR count). The van der Waals surface area contributed by atoms with E-state index in [4.69, 9.17) is 0 Å². The van der Waals surface area contributed by atoms with Crippen molar-refractivity contribution in [1.82, 2.24) is 5.43 Å². The van der Waals surface area contributed by atoms with Crippen LogP contribution in [0, 0.1) is 5.92 Å². The van der Waals surface area contributed by atoms with Crippen molar-refractivity contribution in [2.75, 3.05) is 5.32 Å². The van der Waals surface area contributed by atoms with E-state index in [0.29, 0.717) is 28.6 Å². The molecule has 0 spiro atoms. The molecule has 0 fully saturated rings. The lowest BCUT2D eigenvalue weighted by Crippen LogP contribution is -2.20. The topological polar surface area (TPSA) is 70.6 Å². The largest absolute Gasteiger partial charge is 0.321 e. The number of rotatable bonds is 6. The van der Waals surface area contributed by atoms with Gasteiger partial charge in [-0.3, -0.25) is 9.59 Å². The van der Waals surface area contributed by atoms with Crippen molar-refractivity contribution in [2.45, 2.75) is 27.2 Å². The number of hydrazone groups is 1. The predicted molar refractivity (Wildman–Crippen MR) is 98.5 cm³/mol. The van der Waals surface area contributed by atoms with Crippen LogP contribution in [0.4, 0.5) is 5.69 Å². The van der Waals surface area contributed by atoms with Crippen LogP contribution >= 0.6 is 11.3 Å². The fourth-order valence-electron chi connectivity index (χ4n) is 2.02. The summed E-state index contributed by atoms with van der Waals surface area (Å²) in [5.41, 5.74) is 4.87. The minimum absolute atomic E-state index is 0.0934. The van der Waals surface area contributed by atoms with Gasteiger partial charge in [0.1, 0.15) is 0 Å². The van der Waals surface area contributed by atoms with Crippen LogP contribution in [0.3, 0.4) is 0 Å². The van der Waals surface area contributed by atoms with Crippen LogP contribution in [-0.2, 0) is 4.79 Å². The summed E-state index contributed by atoms with van der Waals surface area (Å²) in [5.74, 6) is 0.0833. The average molecular weight is 343 g/mol. The third-order valence-electron chi connectivity index (χ3n) is 3.25. The number of thiophene rings is 1. The number of hydrogen-bond donors (Lipinski definition) is 2. The highest BCUT2D eigenvalue weighted by atomic mass is 32.1. The zero-order valence-corrected chi connectivity index (χ0v) is 14.8. The molecule has 1 aromatic heterocycles. The first-order chi connectivity index (χ1) is 11.5. The van der Waals surface area contributed by atoms with E-state index in [0.717, 1.165) is 5.56 Å². The monoisotopic (exact) mass is 343 g/mol. The summed E-state index contributed by atoms with van der Waals surface area (Å²) < 4.78 is 0. The van der Waals surface area contributed by atoms with E-state index in [1.54, 1.807) is 6.07 Å². The molecule has 0 aliphatic heterocycles. The molecule has 0 saturated carbocycles. The van der Waals surface area contributed by atoms with Gasteiger partial charge in [0.2, 0.25) is 5.91 Å². The van der Waals surface area contributed by atoms with Crippen molar-refractivity contribution in [1.29, 1.82) is 0 Å². The molecule has 0 atom stereocenters. The maximum absolute atomic E-state index is 12.0. The van der Waals surface area contributed by atoms with Gasteiger partial charge >= 0.3 is 0 Å². The molecule has 1 aromatic carbocycles. The molecule has 24 heavy (non-hydrogen) atoms. The minimum Gasteiger partial charge on any atom is -0.321 e. The first kappa shape index (κ1) is 17.9. The molecule has 2 amide bonds. The maximum atomic E-state index is 12.0. The Hall–Kier alpha value is -2.47. The van der Waals surface area contributed by atoms with Gasteiger partial charge in [-0.1, -0.05) is 32.0 Å². The predicted octanol–water partition coefficient (Wildman–Crippen LogP) is 3.89. The molecule has 0 radical (unpaired) electrons. The number of nitrogens with one attached hydrogen (secondary N) is 2. The number of amides is 2. The Bertz CT molecular complexity index is 719. The van der Waals surface area contributed by atoms with Crippen molar-refractivity contribution < 1.29 is 9.59 Å². The minimum atomic E-state index is -0.121. The second-order valence-electron chi connectivity index (χ2n) is 5.84. The Labute approximate surface area is 145 Å². The van der Waals surface area contributed by atoms with Crippen LogP contribution in [0.2, 0.25) is 0 Å². The Morgan fingerprint density at radius 1 is 1.17 bits per heavy atom. The summed E-state index contributed by atoms with van der Waals surface area (Å²) in [6.45, 7) is 5.80. The van der Waals surface area contributed by atoms with E-state index in [9.17, 15) is 9.59 Å². The van der Waals surface area contributed by atoms with Gasteiger partial charge in [-0.2, -0.15) is 5.10 Å². The molecule has 0 aliphatic carbocycles. The molecule has 5 nitrogen and oxygen atoms in total. The number of carbonyl (C=O) groups excluding carboxylic acids is 2. The molecule has 2 aromatic rings. The lowest BCUT2D eigenvalue weighted by Gasteiger charge is -2.07. The summed E-state index contributed by atoms with van der Waals surface area (Å²) >= 11 is 1.40. The summed E-state index contributed by atoms with van der Waals surface area (Å²) in [4.78, 5) is 24.3. The first-order valence-electron chi connectivity index (χ1n) is 7.74. The first-order valence-corrected chi connectivity index (χ1v) is 8.62. The molecular weight excluding hydrogens is 322 g/mol. The van der Waals surface area contributed by atoms with Gasteiger partial charge in [-0.25, -0.2) is 5.43 Å². The molecule has 0 aliphatic rings. The van der Waals surface area contributed by atoms with Gasteiger partial charge in [0.25, 0.3) is 5.91 Å². The van der Waals surface area contributed by atoms with E-state index >= 15 is 0 Å². The van der Waals surface area contributed by atoms with Crippen molar-refractivity contribution in [3.8, 4) is 0 Å². The Kier molecular flexibility index (Phi) is 6.26. The highest BCUT2D eigenvalue weighted by Gasteiger charge is 2.07. The number of anilines is 1. The summed E-state index contributed by atoms with van der Waals surface area (Å²) in [7, 11) is 0. The van der Waals surface area contributed by atoms with E-state index < -0.39 is 0 Å². The van der Waals surface area contributed by atoms with Gasteiger partial charge in [-0.05, 0) is 42.0 Å². The van der Waals surface area contributed by atoms with Crippen LogP contribution in [-0.4, -0.2) is 17.5 Å². The fraction of sp³-hybridized carbons (Fsp3) is 0.278. The van der Waals surface area contributed by atoms with Crippen LogP contribution in [0.5, 0.6) is 0 Å². The fourth-order valence-corrected chi connectivity index (χ4v) is 2.64. The lowest BCUT2D eigenvalue weighted by atomic mass is 10.1.